The molecule has 3 aromatic heterocycles. The molecule has 31 heavy (non-hydrogen) atoms. The van der Waals surface area contributed by atoms with Gasteiger partial charge in [-0.1, -0.05) is 24.6 Å². The summed E-state index contributed by atoms with van der Waals surface area (Å²) in [6, 6.07) is 10.2. The van der Waals surface area contributed by atoms with E-state index in [0.29, 0.717) is 25.7 Å². The third kappa shape index (κ3) is 3.86. The maximum Gasteiger partial charge on any atom is 0.227 e. The molecule has 4 heterocycles. The van der Waals surface area contributed by atoms with E-state index >= 15 is 0 Å². The Kier molecular flexibility index (Phi) is 5.30. The molecule has 5 rings (SSSR count). The van der Waals surface area contributed by atoms with Crippen LogP contribution < -0.4 is 10.2 Å². The highest BCUT2D eigenvalue weighted by atomic mass is 16.5. The molecule has 0 unspecified atom stereocenters. The smallest absolute Gasteiger partial charge is 0.227 e. The second kappa shape index (κ2) is 8.39. The summed E-state index contributed by atoms with van der Waals surface area (Å²) >= 11 is 0. The maximum atomic E-state index is 5.54. The fourth-order valence-electron chi connectivity index (χ4n) is 3.95. The van der Waals surface area contributed by atoms with Gasteiger partial charge in [-0.25, -0.2) is 4.68 Å². The van der Waals surface area contributed by atoms with Gasteiger partial charge in [0.05, 0.1) is 43.3 Å². The van der Waals surface area contributed by atoms with Crippen molar-refractivity contribution >= 4 is 22.8 Å². The molecule has 160 valence electrons. The minimum Gasteiger partial charge on any atom is -0.467 e. The number of furan rings is 1. The van der Waals surface area contributed by atoms with Crippen molar-refractivity contribution < 1.29 is 9.15 Å². The predicted molar refractivity (Wildman–Crippen MR) is 120 cm³/mol. The number of morpholine rings is 1. The van der Waals surface area contributed by atoms with Crippen LogP contribution in [-0.2, 0) is 17.7 Å². The zero-order valence-electron chi connectivity index (χ0n) is 17.8. The maximum absolute atomic E-state index is 5.54. The molecule has 1 saturated heterocycles. The van der Waals surface area contributed by atoms with Gasteiger partial charge in [0.2, 0.25) is 5.95 Å². The Bertz CT molecular complexity index is 1180. The van der Waals surface area contributed by atoms with E-state index in [1.165, 1.54) is 11.1 Å². The average Bonchev–Trinajstić information content (AvgIpc) is 3.48. The first kappa shape index (κ1) is 19.6. The fraction of sp³-hybridized carbons (Fsp3) is 0.348. The largest absolute Gasteiger partial charge is 0.467 e. The van der Waals surface area contributed by atoms with E-state index in [2.05, 4.69) is 42.3 Å². The monoisotopic (exact) mass is 418 g/mol. The lowest BCUT2D eigenvalue weighted by Gasteiger charge is -2.28. The van der Waals surface area contributed by atoms with Crippen molar-refractivity contribution in [1.82, 2.24) is 19.7 Å². The molecule has 1 aromatic carbocycles. The first-order chi connectivity index (χ1) is 15.2. The van der Waals surface area contributed by atoms with Gasteiger partial charge < -0.3 is 19.4 Å². The summed E-state index contributed by atoms with van der Waals surface area (Å²) in [5.41, 5.74) is 4.31. The van der Waals surface area contributed by atoms with E-state index in [-0.39, 0.29) is 0 Å². The van der Waals surface area contributed by atoms with Crippen molar-refractivity contribution in [3.63, 3.8) is 0 Å². The van der Waals surface area contributed by atoms with Crippen LogP contribution in [0.4, 0.5) is 11.8 Å². The Morgan fingerprint density at radius 1 is 1.13 bits per heavy atom. The molecule has 8 heteroatoms. The zero-order valence-corrected chi connectivity index (χ0v) is 17.8. The van der Waals surface area contributed by atoms with Gasteiger partial charge in [-0.15, -0.1) is 0 Å². The van der Waals surface area contributed by atoms with Crippen molar-refractivity contribution in [2.75, 3.05) is 36.5 Å². The van der Waals surface area contributed by atoms with Crippen molar-refractivity contribution in [3.8, 4) is 5.69 Å². The summed E-state index contributed by atoms with van der Waals surface area (Å²) in [7, 11) is 0. The van der Waals surface area contributed by atoms with E-state index in [0.717, 1.165) is 47.8 Å². The molecule has 0 spiro atoms. The molecular formula is C23H26N6O2. The molecule has 0 saturated carbocycles. The van der Waals surface area contributed by atoms with E-state index in [9.17, 15) is 0 Å². The lowest BCUT2D eigenvalue weighted by molar-refractivity contribution is 0.122. The molecule has 0 amide bonds. The number of hydrogen-bond acceptors (Lipinski definition) is 7. The van der Waals surface area contributed by atoms with Gasteiger partial charge >= 0.3 is 0 Å². The number of nitrogens with one attached hydrogen (secondary N) is 1. The number of rotatable bonds is 6. The summed E-state index contributed by atoms with van der Waals surface area (Å²) in [6.45, 7) is 7.74. The lowest BCUT2D eigenvalue weighted by atomic mass is 10.1. The first-order valence-corrected chi connectivity index (χ1v) is 10.7. The number of aromatic nitrogens is 4. The molecule has 8 nitrogen and oxygen atoms in total. The zero-order chi connectivity index (χ0) is 21.2. The van der Waals surface area contributed by atoms with Crippen LogP contribution in [0.15, 0.2) is 47.2 Å². The summed E-state index contributed by atoms with van der Waals surface area (Å²) in [5, 5.41) is 8.97. The van der Waals surface area contributed by atoms with E-state index in [4.69, 9.17) is 24.2 Å². The van der Waals surface area contributed by atoms with Gasteiger partial charge in [0, 0.05) is 13.1 Å². The second-order valence-corrected chi connectivity index (χ2v) is 7.68. The molecule has 1 aliphatic rings. The minimum absolute atomic E-state index is 0.514. The molecule has 0 radical (unpaired) electrons. The number of aryl methyl sites for hydroxylation is 2. The minimum atomic E-state index is 0.514. The third-order valence-corrected chi connectivity index (χ3v) is 5.56. The van der Waals surface area contributed by atoms with Crippen LogP contribution in [0.3, 0.4) is 0 Å². The molecule has 0 aliphatic carbocycles. The molecule has 1 fully saturated rings. The van der Waals surface area contributed by atoms with Crippen LogP contribution in [0.1, 0.15) is 23.8 Å². The van der Waals surface area contributed by atoms with Gasteiger partial charge in [-0.2, -0.15) is 15.1 Å². The molecule has 0 atom stereocenters. The van der Waals surface area contributed by atoms with Gasteiger partial charge in [-0.05, 0) is 37.1 Å². The number of fused-ring (bicyclic) bond motifs is 1. The topological polar surface area (TPSA) is 81.2 Å². The van der Waals surface area contributed by atoms with Crippen LogP contribution in [0.25, 0.3) is 16.7 Å². The summed E-state index contributed by atoms with van der Waals surface area (Å²) in [6.07, 6.45) is 4.46. The predicted octanol–water partition coefficient (Wildman–Crippen LogP) is 3.73. The van der Waals surface area contributed by atoms with Crippen LogP contribution in [0.5, 0.6) is 0 Å². The van der Waals surface area contributed by atoms with Crippen molar-refractivity contribution in [3.05, 3.63) is 59.7 Å². The lowest BCUT2D eigenvalue weighted by Crippen LogP contribution is -2.37. The number of hydrogen-bond donors (Lipinski definition) is 1. The summed E-state index contributed by atoms with van der Waals surface area (Å²) in [4.78, 5) is 11.9. The SMILES string of the molecule is CCc1cc(C)ccc1-n1ncc2c(N3CCOCC3)nc(NCc3ccco3)nc21. The van der Waals surface area contributed by atoms with Crippen LogP contribution >= 0.6 is 0 Å². The van der Waals surface area contributed by atoms with Gasteiger partial charge in [-0.3, -0.25) is 0 Å². The van der Waals surface area contributed by atoms with Crippen LogP contribution in [0.2, 0.25) is 0 Å². The highest BCUT2D eigenvalue weighted by molar-refractivity contribution is 5.89. The number of ether oxygens (including phenoxy) is 1. The van der Waals surface area contributed by atoms with Gasteiger partial charge in [0.1, 0.15) is 11.6 Å². The number of anilines is 2. The number of benzene rings is 1. The molecule has 1 aliphatic heterocycles. The van der Waals surface area contributed by atoms with Crippen molar-refractivity contribution in [2.24, 2.45) is 0 Å². The quantitative estimate of drug-likeness (QED) is 0.511. The van der Waals surface area contributed by atoms with E-state index < -0.39 is 0 Å². The summed E-state index contributed by atoms with van der Waals surface area (Å²) in [5.74, 6) is 2.26. The Hall–Kier alpha value is -3.39. The van der Waals surface area contributed by atoms with Crippen molar-refractivity contribution in [2.45, 2.75) is 26.8 Å². The third-order valence-electron chi connectivity index (χ3n) is 5.56. The standard InChI is InChI=1S/C23H26N6O2/c1-3-17-13-16(2)6-7-20(17)29-22-19(15-25-29)21(28-8-11-30-12-9-28)26-23(27-22)24-14-18-5-4-10-31-18/h4-7,10,13,15H,3,8-9,11-12,14H2,1-2H3,(H,24,26,27). The van der Waals surface area contributed by atoms with Crippen LogP contribution in [0, 0.1) is 6.92 Å². The summed E-state index contributed by atoms with van der Waals surface area (Å²) < 4.78 is 12.9. The van der Waals surface area contributed by atoms with Gasteiger partial charge in [0.15, 0.2) is 5.65 Å². The second-order valence-electron chi connectivity index (χ2n) is 7.68. The molecule has 4 aromatic rings. The fourth-order valence-corrected chi connectivity index (χ4v) is 3.95. The Morgan fingerprint density at radius 2 is 2.00 bits per heavy atom. The highest BCUT2D eigenvalue weighted by Gasteiger charge is 2.21. The van der Waals surface area contributed by atoms with Crippen molar-refractivity contribution in [1.29, 1.82) is 0 Å². The van der Waals surface area contributed by atoms with Crippen LogP contribution in [-0.4, -0.2) is 46.1 Å². The Labute approximate surface area is 180 Å². The molecular weight excluding hydrogens is 392 g/mol. The first-order valence-electron chi connectivity index (χ1n) is 10.7. The van der Waals surface area contributed by atoms with E-state index in [1.807, 2.05) is 23.0 Å². The molecule has 1 N–H and O–H groups in total. The normalized spacial score (nSPS) is 14.3. The number of nitrogens with zero attached hydrogens (tertiary/aromatic N) is 5. The molecule has 0 bridgehead atoms. The Morgan fingerprint density at radius 3 is 2.77 bits per heavy atom. The Balaban J connectivity index is 1.61. The highest BCUT2D eigenvalue weighted by Crippen LogP contribution is 2.29. The average molecular weight is 419 g/mol. The van der Waals surface area contributed by atoms with Gasteiger partial charge in [0.25, 0.3) is 0 Å². The van der Waals surface area contributed by atoms with E-state index in [1.54, 1.807) is 6.26 Å².